The van der Waals surface area contributed by atoms with Crippen LogP contribution in [-0.2, 0) is 15.0 Å². The second-order valence-electron chi connectivity index (χ2n) is 4.66. The zero-order valence-corrected chi connectivity index (χ0v) is 9.12. The molecular formula is C12H12N2O3. The molecule has 3 N–H and O–H groups in total. The Balaban J connectivity index is 2.17. The standard InChI is InChI=1S/C12H12N2O3/c15-9-4-12(5-10(16)17)6-13-7-2-1-3-8(14-9)11(7)12/h1-3,13H,4-6H2,(H,14,15)(H,16,17). The Hall–Kier alpha value is -2.04. The van der Waals surface area contributed by atoms with Crippen molar-refractivity contribution in [1.82, 2.24) is 0 Å². The average Bonchev–Trinajstić information content (AvgIpc) is 2.57. The highest BCUT2D eigenvalue weighted by molar-refractivity contribution is 5.99. The van der Waals surface area contributed by atoms with E-state index in [0.29, 0.717) is 6.54 Å². The van der Waals surface area contributed by atoms with Gasteiger partial charge in [-0.3, -0.25) is 9.59 Å². The molecule has 1 amide bonds. The largest absolute Gasteiger partial charge is 0.481 e. The van der Waals surface area contributed by atoms with Crippen LogP contribution in [0.5, 0.6) is 0 Å². The Morgan fingerprint density at radius 3 is 2.94 bits per heavy atom. The number of aliphatic carboxylic acids is 1. The van der Waals surface area contributed by atoms with Gasteiger partial charge in [-0.15, -0.1) is 0 Å². The summed E-state index contributed by atoms with van der Waals surface area (Å²) in [5, 5.41) is 15.0. The first-order chi connectivity index (χ1) is 8.11. The minimum absolute atomic E-state index is 0.0164. The molecule has 1 unspecified atom stereocenters. The first-order valence-corrected chi connectivity index (χ1v) is 5.50. The molecule has 5 heteroatoms. The van der Waals surface area contributed by atoms with Crippen molar-refractivity contribution in [3.8, 4) is 0 Å². The lowest BCUT2D eigenvalue weighted by Gasteiger charge is -2.32. The monoisotopic (exact) mass is 232 g/mol. The molecule has 0 spiro atoms. The molecular weight excluding hydrogens is 220 g/mol. The summed E-state index contributed by atoms with van der Waals surface area (Å²) in [4.78, 5) is 22.7. The van der Waals surface area contributed by atoms with E-state index in [9.17, 15) is 9.59 Å². The number of carboxylic acid groups (broad SMARTS) is 1. The highest BCUT2D eigenvalue weighted by Gasteiger charge is 2.46. The van der Waals surface area contributed by atoms with Crippen LogP contribution in [0, 0.1) is 0 Å². The third kappa shape index (κ3) is 1.39. The summed E-state index contributed by atoms with van der Waals surface area (Å²) in [5.41, 5.74) is 2.04. The average molecular weight is 232 g/mol. The molecule has 1 atom stereocenters. The van der Waals surface area contributed by atoms with Crippen LogP contribution in [0.4, 0.5) is 11.4 Å². The second kappa shape index (κ2) is 3.23. The molecule has 88 valence electrons. The maximum Gasteiger partial charge on any atom is 0.304 e. The lowest BCUT2D eigenvalue weighted by Crippen LogP contribution is -2.39. The zero-order valence-electron chi connectivity index (χ0n) is 9.12. The molecule has 0 fully saturated rings. The maximum absolute atomic E-state index is 11.7. The fourth-order valence-corrected chi connectivity index (χ4v) is 2.88. The van der Waals surface area contributed by atoms with Crippen molar-refractivity contribution in [3.05, 3.63) is 23.8 Å². The molecule has 0 saturated carbocycles. The zero-order chi connectivity index (χ0) is 12.0. The van der Waals surface area contributed by atoms with Crippen LogP contribution >= 0.6 is 0 Å². The molecule has 0 aromatic heterocycles. The summed E-state index contributed by atoms with van der Waals surface area (Å²) in [6.45, 7) is 0.513. The molecule has 2 aliphatic rings. The van der Waals surface area contributed by atoms with Crippen molar-refractivity contribution < 1.29 is 14.7 Å². The van der Waals surface area contributed by atoms with Crippen LogP contribution in [-0.4, -0.2) is 23.5 Å². The van der Waals surface area contributed by atoms with Crippen LogP contribution in [0.25, 0.3) is 0 Å². The molecule has 5 nitrogen and oxygen atoms in total. The first-order valence-electron chi connectivity index (χ1n) is 5.50. The molecule has 3 rings (SSSR count). The predicted octanol–water partition coefficient (Wildman–Crippen LogP) is 1.17. The Morgan fingerprint density at radius 2 is 2.18 bits per heavy atom. The molecule has 1 aromatic carbocycles. The number of rotatable bonds is 2. The minimum atomic E-state index is -0.871. The summed E-state index contributed by atoms with van der Waals surface area (Å²) in [5.74, 6) is -0.983. The Labute approximate surface area is 97.8 Å². The Morgan fingerprint density at radius 1 is 1.41 bits per heavy atom. The second-order valence-corrected chi connectivity index (χ2v) is 4.66. The fourth-order valence-electron chi connectivity index (χ4n) is 2.88. The van der Waals surface area contributed by atoms with Crippen LogP contribution in [0.1, 0.15) is 18.4 Å². The number of benzene rings is 1. The van der Waals surface area contributed by atoms with Gasteiger partial charge in [0.15, 0.2) is 0 Å². The van der Waals surface area contributed by atoms with E-state index in [0.717, 1.165) is 16.9 Å². The minimum Gasteiger partial charge on any atom is -0.481 e. The number of hydrogen-bond donors (Lipinski definition) is 3. The van der Waals surface area contributed by atoms with Gasteiger partial charge in [-0.2, -0.15) is 0 Å². The molecule has 0 radical (unpaired) electrons. The third-order valence-corrected chi connectivity index (χ3v) is 3.47. The normalized spacial score (nSPS) is 24.8. The highest BCUT2D eigenvalue weighted by Crippen LogP contribution is 2.48. The number of carbonyl (C=O) groups excluding carboxylic acids is 1. The first kappa shape index (κ1) is 10.1. The van der Waals surface area contributed by atoms with Gasteiger partial charge in [0.25, 0.3) is 0 Å². The van der Waals surface area contributed by atoms with Gasteiger partial charge in [-0.1, -0.05) is 6.07 Å². The number of nitrogens with one attached hydrogen (secondary N) is 2. The van der Waals surface area contributed by atoms with Crippen LogP contribution in [0.15, 0.2) is 18.2 Å². The van der Waals surface area contributed by atoms with Crippen molar-refractivity contribution in [2.75, 3.05) is 17.2 Å². The molecule has 17 heavy (non-hydrogen) atoms. The molecule has 0 bridgehead atoms. The van der Waals surface area contributed by atoms with Crippen LogP contribution in [0.2, 0.25) is 0 Å². The lowest BCUT2D eigenvalue weighted by atomic mass is 9.73. The van der Waals surface area contributed by atoms with Crippen LogP contribution in [0.3, 0.4) is 0 Å². The molecule has 1 aromatic rings. The van der Waals surface area contributed by atoms with E-state index in [1.165, 1.54) is 0 Å². The number of carboxylic acids is 1. The summed E-state index contributed by atoms with van der Waals surface area (Å²) < 4.78 is 0. The van der Waals surface area contributed by atoms with E-state index in [2.05, 4.69) is 10.6 Å². The van der Waals surface area contributed by atoms with E-state index in [-0.39, 0.29) is 18.7 Å². The number of hydrogen-bond acceptors (Lipinski definition) is 3. The summed E-state index contributed by atoms with van der Waals surface area (Å²) in [6.07, 6.45) is 0.216. The van der Waals surface area contributed by atoms with E-state index in [4.69, 9.17) is 5.11 Å². The van der Waals surface area contributed by atoms with Gasteiger partial charge in [0.05, 0.1) is 6.42 Å². The molecule has 0 saturated heterocycles. The topological polar surface area (TPSA) is 78.4 Å². The lowest BCUT2D eigenvalue weighted by molar-refractivity contribution is -0.138. The summed E-state index contributed by atoms with van der Waals surface area (Å²) in [6, 6.07) is 5.59. The van der Waals surface area contributed by atoms with Gasteiger partial charge >= 0.3 is 5.97 Å². The van der Waals surface area contributed by atoms with Crippen molar-refractivity contribution in [3.63, 3.8) is 0 Å². The van der Waals surface area contributed by atoms with E-state index < -0.39 is 11.4 Å². The Bertz CT molecular complexity index is 526. The van der Waals surface area contributed by atoms with Crippen LogP contribution < -0.4 is 10.6 Å². The summed E-state index contributed by atoms with van der Waals surface area (Å²) >= 11 is 0. The molecule has 2 heterocycles. The molecule has 0 aliphatic carbocycles. The predicted molar refractivity (Wildman–Crippen MR) is 62.1 cm³/mol. The number of amides is 1. The van der Waals surface area contributed by atoms with Crippen molar-refractivity contribution >= 4 is 23.3 Å². The number of carbonyl (C=O) groups is 2. The van der Waals surface area contributed by atoms with Gasteiger partial charge in [-0.05, 0) is 12.1 Å². The third-order valence-electron chi connectivity index (χ3n) is 3.47. The van der Waals surface area contributed by atoms with Gasteiger partial charge < -0.3 is 15.7 Å². The summed E-state index contributed by atoms with van der Waals surface area (Å²) in [7, 11) is 0. The van der Waals surface area contributed by atoms with Crippen molar-refractivity contribution in [2.24, 2.45) is 0 Å². The molecule has 2 aliphatic heterocycles. The number of anilines is 2. The van der Waals surface area contributed by atoms with Crippen molar-refractivity contribution in [2.45, 2.75) is 18.3 Å². The van der Waals surface area contributed by atoms with Gasteiger partial charge in [0.1, 0.15) is 0 Å². The van der Waals surface area contributed by atoms with E-state index in [1.807, 2.05) is 18.2 Å². The van der Waals surface area contributed by atoms with Gasteiger partial charge in [0.2, 0.25) is 5.91 Å². The maximum atomic E-state index is 11.7. The van der Waals surface area contributed by atoms with Gasteiger partial charge in [0, 0.05) is 35.3 Å². The SMILES string of the molecule is O=C(O)CC12CNc3cccc(c31)NC(=O)C2. The van der Waals surface area contributed by atoms with E-state index in [1.54, 1.807) is 0 Å². The van der Waals surface area contributed by atoms with Crippen molar-refractivity contribution in [1.29, 1.82) is 0 Å². The van der Waals surface area contributed by atoms with Gasteiger partial charge in [-0.25, -0.2) is 0 Å². The quantitative estimate of drug-likeness (QED) is 0.715. The highest BCUT2D eigenvalue weighted by atomic mass is 16.4. The van der Waals surface area contributed by atoms with E-state index >= 15 is 0 Å². The fraction of sp³-hybridized carbons (Fsp3) is 0.333. The Kier molecular flexibility index (Phi) is 1.92. The smallest absolute Gasteiger partial charge is 0.304 e.